The van der Waals surface area contributed by atoms with Gasteiger partial charge in [0.05, 0.1) is 5.56 Å². The fraction of sp³-hybridized carbons (Fsp3) is 0.706. The van der Waals surface area contributed by atoms with Gasteiger partial charge in [-0.2, -0.15) is 4.73 Å². The highest BCUT2D eigenvalue weighted by Gasteiger charge is 2.31. The Hall–Kier alpha value is -3.41. The molecule has 5 amide bonds. The Morgan fingerprint density at radius 1 is 0.809 bits per heavy atom. The van der Waals surface area contributed by atoms with Gasteiger partial charge in [-0.3, -0.25) is 24.0 Å². The Balaban J connectivity index is 3.00. The van der Waals surface area contributed by atoms with Crippen LogP contribution in [0.1, 0.15) is 111 Å². The lowest BCUT2D eigenvalue weighted by Gasteiger charge is -2.28. The number of likely N-dealkylation sites (N-methyl/N-ethyl adjacent to an activating group) is 1. The lowest BCUT2D eigenvalue weighted by molar-refractivity contribution is -0.603. The van der Waals surface area contributed by atoms with Crippen LogP contribution in [-0.2, 0) is 19.2 Å². The normalized spacial score (nSPS) is 15.1. The van der Waals surface area contributed by atoms with E-state index in [-0.39, 0.29) is 58.2 Å². The maximum absolute atomic E-state index is 13.6. The van der Waals surface area contributed by atoms with Gasteiger partial charge in [0.1, 0.15) is 18.1 Å². The van der Waals surface area contributed by atoms with Crippen LogP contribution in [0.5, 0.6) is 0 Å². The summed E-state index contributed by atoms with van der Waals surface area (Å²) in [4.78, 5) is 65.6. The van der Waals surface area contributed by atoms with Crippen molar-refractivity contribution >= 4 is 41.1 Å². The highest BCUT2D eigenvalue weighted by Crippen LogP contribution is 2.17. The molecule has 0 saturated carbocycles. The molecule has 1 aromatic heterocycles. The Bertz CT molecular complexity index is 1200. The first-order valence-corrected chi connectivity index (χ1v) is 17.3. The highest BCUT2D eigenvalue weighted by atomic mass is 35.5. The molecule has 0 saturated heterocycles. The van der Waals surface area contributed by atoms with Crippen molar-refractivity contribution in [3.05, 3.63) is 34.3 Å². The molecule has 47 heavy (non-hydrogen) atoms. The molecule has 1 aromatic rings. The Kier molecular flexibility index (Phi) is 18.4. The van der Waals surface area contributed by atoms with Crippen molar-refractivity contribution in [1.29, 1.82) is 0 Å². The van der Waals surface area contributed by atoms with Crippen LogP contribution >= 0.6 is 11.6 Å². The van der Waals surface area contributed by atoms with Crippen LogP contribution < -0.4 is 31.3 Å². The van der Waals surface area contributed by atoms with Gasteiger partial charge in [-0.15, -0.1) is 0 Å². The molecule has 1 rings (SSSR count). The molecular formula is C34H57ClN6O6. The fourth-order valence-electron chi connectivity index (χ4n) is 5.16. The number of pyridine rings is 1. The second-order valence-corrected chi connectivity index (χ2v) is 13.6. The third-order valence-electron chi connectivity index (χ3n) is 8.23. The number of halogens is 1. The number of hydrogen-bond acceptors (Lipinski definition) is 6. The van der Waals surface area contributed by atoms with Gasteiger partial charge in [-0.25, -0.2) is 0 Å². The maximum Gasteiger partial charge on any atom is 0.287 e. The number of carbonyl (C=O) groups is 5. The Labute approximate surface area is 285 Å². The Morgan fingerprint density at radius 3 is 2.00 bits per heavy atom. The van der Waals surface area contributed by atoms with Crippen LogP contribution in [-0.4, -0.2) is 60.2 Å². The standard InChI is InChI=1S/C34H57ClN6O6/c1-10-13-26(38-34(46)29(22(8)11-2)40-31(43)24-16-17-41(47)27(35)19-24)32(44)37-25(18-20(4)5)15-14-23(9)30(42)39-28(21(6)7)33(45)36-12-3/h16-17,19-23,25-26,28-29H,10-15,18H2,1-9H3,(H,36,45)(H,37,44)(H,38,46)(H,39,42)(H,40,43)/t22-,23+,25+,26-,28-,29-/m0/s1. The van der Waals surface area contributed by atoms with E-state index in [0.717, 1.165) is 6.20 Å². The summed E-state index contributed by atoms with van der Waals surface area (Å²) in [5.74, 6) is -2.27. The van der Waals surface area contributed by atoms with Crippen molar-refractivity contribution in [2.24, 2.45) is 23.7 Å². The number of aromatic nitrogens is 1. The summed E-state index contributed by atoms with van der Waals surface area (Å²) in [5.41, 5.74) is 0.134. The minimum atomic E-state index is -0.932. The summed E-state index contributed by atoms with van der Waals surface area (Å²) in [6.07, 6.45) is 4.43. The molecular weight excluding hydrogens is 624 g/mol. The summed E-state index contributed by atoms with van der Waals surface area (Å²) in [6, 6.07) is -0.0887. The second kappa shape index (κ2) is 20.7. The van der Waals surface area contributed by atoms with E-state index in [1.807, 2.05) is 48.5 Å². The van der Waals surface area contributed by atoms with Crippen LogP contribution in [0.15, 0.2) is 18.3 Å². The molecule has 0 aliphatic rings. The molecule has 0 aliphatic carbocycles. The summed E-state index contributed by atoms with van der Waals surface area (Å²) in [6.45, 7) is 17.6. The smallest absolute Gasteiger partial charge is 0.287 e. The molecule has 1 heterocycles. The van der Waals surface area contributed by atoms with Crippen molar-refractivity contribution in [2.45, 2.75) is 125 Å². The van der Waals surface area contributed by atoms with Crippen LogP contribution in [0.2, 0.25) is 5.15 Å². The number of hydrogen-bond donors (Lipinski definition) is 5. The van der Waals surface area contributed by atoms with Crippen molar-refractivity contribution in [3.8, 4) is 0 Å². The van der Waals surface area contributed by atoms with Gasteiger partial charge in [0, 0.05) is 30.6 Å². The summed E-state index contributed by atoms with van der Waals surface area (Å²) in [5, 5.41) is 25.8. The quantitative estimate of drug-likeness (QED) is 0.0799. The molecule has 0 fully saturated rings. The molecule has 0 bridgehead atoms. The largest absolute Gasteiger partial charge is 0.618 e. The summed E-state index contributed by atoms with van der Waals surface area (Å²) >= 11 is 5.88. The van der Waals surface area contributed by atoms with Crippen LogP contribution in [0.3, 0.4) is 0 Å². The molecule has 0 aromatic carbocycles. The van der Waals surface area contributed by atoms with Gasteiger partial charge >= 0.3 is 0 Å². The number of amides is 5. The van der Waals surface area contributed by atoms with Crippen LogP contribution in [0, 0.1) is 28.9 Å². The third kappa shape index (κ3) is 14.1. The molecule has 13 heteroatoms. The van der Waals surface area contributed by atoms with Crippen molar-refractivity contribution in [1.82, 2.24) is 26.6 Å². The van der Waals surface area contributed by atoms with Gasteiger partial charge in [0.15, 0.2) is 6.20 Å². The van der Waals surface area contributed by atoms with E-state index in [9.17, 15) is 29.2 Å². The van der Waals surface area contributed by atoms with E-state index >= 15 is 0 Å². The monoisotopic (exact) mass is 680 g/mol. The maximum atomic E-state index is 13.6. The van der Waals surface area contributed by atoms with E-state index in [4.69, 9.17) is 11.6 Å². The van der Waals surface area contributed by atoms with Crippen molar-refractivity contribution < 1.29 is 28.7 Å². The van der Waals surface area contributed by atoms with Crippen LogP contribution in [0.25, 0.3) is 0 Å². The number of rotatable bonds is 20. The first-order chi connectivity index (χ1) is 22.1. The predicted molar refractivity (Wildman–Crippen MR) is 183 cm³/mol. The van der Waals surface area contributed by atoms with E-state index in [1.165, 1.54) is 12.1 Å². The van der Waals surface area contributed by atoms with Crippen molar-refractivity contribution in [3.63, 3.8) is 0 Å². The number of carbonyl (C=O) groups excluding carboxylic acids is 5. The predicted octanol–water partition coefficient (Wildman–Crippen LogP) is 3.63. The molecule has 12 nitrogen and oxygen atoms in total. The van der Waals surface area contributed by atoms with Crippen molar-refractivity contribution in [2.75, 3.05) is 6.54 Å². The Morgan fingerprint density at radius 2 is 1.47 bits per heavy atom. The van der Waals surface area contributed by atoms with Gasteiger partial charge < -0.3 is 31.8 Å². The van der Waals surface area contributed by atoms with E-state index < -0.39 is 29.9 Å². The topological polar surface area (TPSA) is 172 Å². The minimum Gasteiger partial charge on any atom is -0.618 e. The fourth-order valence-corrected chi connectivity index (χ4v) is 5.34. The molecule has 0 spiro atoms. The zero-order valence-corrected chi connectivity index (χ0v) is 30.3. The molecule has 0 aliphatic heterocycles. The van der Waals surface area contributed by atoms with E-state index in [2.05, 4.69) is 40.4 Å². The molecule has 266 valence electrons. The SMILES string of the molecule is CCC[C@H](NC(=O)[C@@H](NC(=O)c1cc[n+]([O-])c(Cl)c1)[C@@H](C)CC)C(=O)N[C@H](CC[C@@H](C)C(=O)N[C@H](C(=O)NCC)C(C)C)CC(C)C. The average Bonchev–Trinajstić information content (AvgIpc) is 3.00. The molecule has 6 atom stereocenters. The lowest BCUT2D eigenvalue weighted by Crippen LogP contribution is -2.56. The highest BCUT2D eigenvalue weighted by molar-refractivity contribution is 6.28. The van der Waals surface area contributed by atoms with Gasteiger partial charge in [-0.1, -0.05) is 68.2 Å². The molecule has 5 N–H and O–H groups in total. The lowest BCUT2D eigenvalue weighted by atomic mass is 9.94. The third-order valence-corrected chi connectivity index (χ3v) is 8.50. The van der Waals surface area contributed by atoms with Gasteiger partial charge in [0.25, 0.3) is 11.1 Å². The zero-order valence-electron chi connectivity index (χ0n) is 29.6. The number of nitrogens with zero attached hydrogens (tertiary/aromatic N) is 1. The van der Waals surface area contributed by atoms with E-state index in [1.54, 1.807) is 0 Å². The van der Waals surface area contributed by atoms with Gasteiger partial charge in [-0.05, 0) is 62.0 Å². The first kappa shape index (κ1) is 41.6. The zero-order chi connectivity index (χ0) is 35.8. The average molecular weight is 681 g/mol. The summed E-state index contributed by atoms with van der Waals surface area (Å²) < 4.78 is 0.420. The number of nitrogens with one attached hydrogen (secondary N) is 5. The summed E-state index contributed by atoms with van der Waals surface area (Å²) in [7, 11) is 0. The van der Waals surface area contributed by atoms with Crippen LogP contribution in [0.4, 0.5) is 0 Å². The first-order valence-electron chi connectivity index (χ1n) is 16.9. The second-order valence-electron chi connectivity index (χ2n) is 13.2. The van der Waals surface area contributed by atoms with E-state index in [0.29, 0.717) is 49.8 Å². The van der Waals surface area contributed by atoms with Gasteiger partial charge in [0.2, 0.25) is 23.6 Å². The molecule has 0 radical (unpaired) electrons. The minimum absolute atomic E-state index is 0.0763. The molecule has 0 unspecified atom stereocenters.